The van der Waals surface area contributed by atoms with Crippen molar-refractivity contribution >= 4 is 11.6 Å². The van der Waals surface area contributed by atoms with Crippen molar-refractivity contribution in [1.29, 1.82) is 0 Å². The van der Waals surface area contributed by atoms with Gasteiger partial charge in [-0.25, -0.2) is 0 Å². The van der Waals surface area contributed by atoms with Gasteiger partial charge < -0.3 is 14.4 Å². The van der Waals surface area contributed by atoms with E-state index in [0.29, 0.717) is 37.6 Å². The molecule has 0 spiro atoms. The maximum atomic E-state index is 12.0. The predicted octanol–water partition coefficient (Wildman–Crippen LogP) is 1.45. The monoisotopic (exact) mass is 294 g/mol. The summed E-state index contributed by atoms with van der Waals surface area (Å²) in [6.45, 7) is 5.46. The van der Waals surface area contributed by atoms with Crippen LogP contribution in [0.1, 0.15) is 11.1 Å². The van der Waals surface area contributed by atoms with Gasteiger partial charge in [0.1, 0.15) is 5.75 Å². The Morgan fingerprint density at radius 2 is 2.05 bits per heavy atom. The summed E-state index contributed by atoms with van der Waals surface area (Å²) in [5.74, 6) is 0.273. The topological polar surface area (TPSA) is 81.9 Å². The van der Waals surface area contributed by atoms with E-state index >= 15 is 0 Å². The van der Waals surface area contributed by atoms with Crippen molar-refractivity contribution in [3.05, 3.63) is 33.4 Å². The minimum atomic E-state index is -0.453. The summed E-state index contributed by atoms with van der Waals surface area (Å²) in [6, 6.07) is 3.07. The average molecular weight is 294 g/mol. The van der Waals surface area contributed by atoms with Gasteiger partial charge in [0.05, 0.1) is 23.7 Å². The standard InChI is InChI=1S/C14H18N2O5/c1-10-3-4-12(16(18)19)11(2)14(10)21-9-13(17)15-5-7-20-8-6-15/h3-4H,5-9H2,1-2H3. The predicted molar refractivity (Wildman–Crippen MR) is 75.5 cm³/mol. The third-order valence-corrected chi connectivity index (χ3v) is 3.47. The molecule has 0 aliphatic carbocycles. The number of nitrogens with zero attached hydrogens (tertiary/aromatic N) is 2. The summed E-state index contributed by atoms with van der Waals surface area (Å²) >= 11 is 0. The number of benzene rings is 1. The fourth-order valence-corrected chi connectivity index (χ4v) is 2.27. The highest BCUT2D eigenvalue weighted by Crippen LogP contribution is 2.30. The number of carbonyl (C=O) groups is 1. The molecule has 1 amide bonds. The molecule has 114 valence electrons. The second-order valence-corrected chi connectivity index (χ2v) is 4.89. The Balaban J connectivity index is 2.07. The van der Waals surface area contributed by atoms with Crippen molar-refractivity contribution in [3.63, 3.8) is 0 Å². The Bertz CT molecular complexity index is 553. The van der Waals surface area contributed by atoms with E-state index in [2.05, 4.69) is 0 Å². The van der Waals surface area contributed by atoms with Crippen LogP contribution in [-0.4, -0.2) is 48.6 Å². The van der Waals surface area contributed by atoms with E-state index in [0.717, 1.165) is 5.56 Å². The van der Waals surface area contributed by atoms with Gasteiger partial charge in [0.2, 0.25) is 0 Å². The minimum absolute atomic E-state index is 0.00517. The van der Waals surface area contributed by atoms with E-state index in [1.807, 2.05) is 0 Å². The zero-order valence-corrected chi connectivity index (χ0v) is 12.1. The maximum Gasteiger partial charge on any atom is 0.276 e. The summed E-state index contributed by atoms with van der Waals surface area (Å²) in [7, 11) is 0. The second-order valence-electron chi connectivity index (χ2n) is 4.89. The number of aryl methyl sites for hydroxylation is 1. The summed E-state index contributed by atoms with van der Waals surface area (Å²) in [5, 5.41) is 10.9. The van der Waals surface area contributed by atoms with Gasteiger partial charge in [-0.2, -0.15) is 0 Å². The lowest BCUT2D eigenvalue weighted by molar-refractivity contribution is -0.385. The molecule has 0 aromatic heterocycles. The van der Waals surface area contributed by atoms with E-state index in [1.165, 1.54) is 6.07 Å². The molecular weight excluding hydrogens is 276 g/mol. The lowest BCUT2D eigenvalue weighted by Crippen LogP contribution is -2.43. The summed E-state index contributed by atoms with van der Waals surface area (Å²) < 4.78 is 10.7. The first-order chi connectivity index (χ1) is 10.0. The molecule has 1 heterocycles. The van der Waals surface area contributed by atoms with Crippen LogP contribution in [-0.2, 0) is 9.53 Å². The number of hydrogen-bond donors (Lipinski definition) is 0. The third-order valence-electron chi connectivity index (χ3n) is 3.47. The highest BCUT2D eigenvalue weighted by molar-refractivity contribution is 5.78. The van der Waals surface area contributed by atoms with Gasteiger partial charge in [-0.05, 0) is 25.5 Å². The number of amides is 1. The first-order valence-electron chi connectivity index (χ1n) is 6.73. The molecule has 0 saturated carbocycles. The van der Waals surface area contributed by atoms with Crippen LogP contribution >= 0.6 is 0 Å². The van der Waals surface area contributed by atoms with Gasteiger partial charge in [0.25, 0.3) is 11.6 Å². The van der Waals surface area contributed by atoms with E-state index in [-0.39, 0.29) is 18.2 Å². The van der Waals surface area contributed by atoms with Crippen molar-refractivity contribution in [3.8, 4) is 5.75 Å². The molecule has 0 radical (unpaired) electrons. The van der Waals surface area contributed by atoms with Gasteiger partial charge in [-0.1, -0.05) is 0 Å². The first-order valence-corrected chi connectivity index (χ1v) is 6.73. The largest absolute Gasteiger partial charge is 0.483 e. The highest BCUT2D eigenvalue weighted by Gasteiger charge is 2.20. The number of morpholine rings is 1. The molecule has 2 rings (SSSR count). The fraction of sp³-hybridized carbons (Fsp3) is 0.500. The highest BCUT2D eigenvalue weighted by atomic mass is 16.6. The van der Waals surface area contributed by atoms with Crippen molar-refractivity contribution < 1.29 is 19.2 Å². The van der Waals surface area contributed by atoms with Crippen LogP contribution < -0.4 is 4.74 Å². The number of nitro groups is 1. The van der Waals surface area contributed by atoms with E-state index in [1.54, 1.807) is 24.8 Å². The Morgan fingerprint density at radius 1 is 1.38 bits per heavy atom. The fourth-order valence-electron chi connectivity index (χ4n) is 2.27. The number of nitro benzene ring substituents is 1. The molecule has 0 atom stereocenters. The van der Waals surface area contributed by atoms with Gasteiger partial charge in [0.15, 0.2) is 6.61 Å². The van der Waals surface area contributed by atoms with Crippen molar-refractivity contribution in [2.45, 2.75) is 13.8 Å². The minimum Gasteiger partial charge on any atom is -0.483 e. The number of hydrogen-bond acceptors (Lipinski definition) is 5. The van der Waals surface area contributed by atoms with Gasteiger partial charge in [0, 0.05) is 19.2 Å². The smallest absolute Gasteiger partial charge is 0.276 e. The molecule has 7 heteroatoms. The van der Waals surface area contributed by atoms with Crippen LogP contribution in [0, 0.1) is 24.0 Å². The number of ether oxygens (including phenoxy) is 2. The zero-order valence-electron chi connectivity index (χ0n) is 12.1. The molecular formula is C14H18N2O5. The SMILES string of the molecule is Cc1ccc([N+](=O)[O-])c(C)c1OCC(=O)N1CCOCC1. The Morgan fingerprint density at radius 3 is 2.67 bits per heavy atom. The van der Waals surface area contributed by atoms with Crippen molar-refractivity contribution in [2.24, 2.45) is 0 Å². The molecule has 1 fully saturated rings. The lowest BCUT2D eigenvalue weighted by Gasteiger charge is -2.27. The molecule has 1 aliphatic rings. The Labute approximate surface area is 122 Å². The van der Waals surface area contributed by atoms with E-state index in [9.17, 15) is 14.9 Å². The van der Waals surface area contributed by atoms with Crippen LogP contribution in [0.4, 0.5) is 5.69 Å². The molecule has 1 aliphatic heterocycles. The summed E-state index contributed by atoms with van der Waals surface area (Å²) in [5.41, 5.74) is 1.21. The third kappa shape index (κ3) is 3.49. The van der Waals surface area contributed by atoms with Gasteiger partial charge in [-0.3, -0.25) is 14.9 Å². The molecule has 0 N–H and O–H groups in total. The van der Waals surface area contributed by atoms with Crippen LogP contribution in [0.5, 0.6) is 5.75 Å². The van der Waals surface area contributed by atoms with E-state index in [4.69, 9.17) is 9.47 Å². The van der Waals surface area contributed by atoms with Gasteiger partial charge in [-0.15, -0.1) is 0 Å². The summed E-state index contributed by atoms with van der Waals surface area (Å²) in [4.78, 5) is 24.2. The molecule has 21 heavy (non-hydrogen) atoms. The Kier molecular flexibility index (Phi) is 4.74. The zero-order chi connectivity index (χ0) is 15.4. The molecule has 1 saturated heterocycles. The first kappa shape index (κ1) is 15.2. The van der Waals surface area contributed by atoms with Crippen molar-refractivity contribution in [1.82, 2.24) is 4.90 Å². The van der Waals surface area contributed by atoms with Crippen LogP contribution in [0.2, 0.25) is 0 Å². The quantitative estimate of drug-likeness (QED) is 0.620. The van der Waals surface area contributed by atoms with Crippen LogP contribution in [0.3, 0.4) is 0 Å². The maximum absolute atomic E-state index is 12.0. The lowest BCUT2D eigenvalue weighted by atomic mass is 10.1. The van der Waals surface area contributed by atoms with Crippen LogP contribution in [0.25, 0.3) is 0 Å². The van der Waals surface area contributed by atoms with Crippen molar-refractivity contribution in [2.75, 3.05) is 32.9 Å². The van der Waals surface area contributed by atoms with Crippen LogP contribution in [0.15, 0.2) is 12.1 Å². The average Bonchev–Trinajstić information content (AvgIpc) is 2.47. The molecule has 0 bridgehead atoms. The Hall–Kier alpha value is -2.15. The molecule has 0 unspecified atom stereocenters. The second kappa shape index (κ2) is 6.53. The number of rotatable bonds is 4. The van der Waals surface area contributed by atoms with E-state index < -0.39 is 4.92 Å². The number of carbonyl (C=O) groups excluding carboxylic acids is 1. The molecule has 7 nitrogen and oxygen atoms in total. The summed E-state index contributed by atoms with van der Waals surface area (Å²) in [6.07, 6.45) is 0. The normalized spacial score (nSPS) is 14.9. The van der Waals surface area contributed by atoms with Gasteiger partial charge >= 0.3 is 0 Å². The molecule has 1 aromatic carbocycles. The molecule has 1 aromatic rings.